The van der Waals surface area contributed by atoms with Gasteiger partial charge < -0.3 is 10.1 Å². The van der Waals surface area contributed by atoms with Crippen molar-refractivity contribution in [3.63, 3.8) is 0 Å². The van der Waals surface area contributed by atoms with E-state index in [2.05, 4.69) is 75.6 Å². The molecule has 1 N–H and O–H groups in total. The summed E-state index contributed by atoms with van der Waals surface area (Å²) >= 11 is 0. The summed E-state index contributed by atoms with van der Waals surface area (Å²) in [5.41, 5.74) is 2.77. The quantitative estimate of drug-likeness (QED) is 0.645. The predicted octanol–water partition coefficient (Wildman–Crippen LogP) is 3.81. The Bertz CT molecular complexity index is 641. The molecular weight excluding hydrogens is 336 g/mol. The second-order valence-electron chi connectivity index (χ2n) is 6.26. The van der Waals surface area contributed by atoms with E-state index in [1.807, 2.05) is 0 Å². The molecule has 0 bridgehead atoms. The molecule has 1 heterocycles. The van der Waals surface area contributed by atoms with Crippen molar-refractivity contribution in [1.29, 1.82) is 0 Å². The Morgan fingerprint density at radius 1 is 1.04 bits per heavy atom. The normalized spacial score (nSPS) is 14.6. The van der Waals surface area contributed by atoms with E-state index in [4.69, 9.17) is 0 Å². The van der Waals surface area contributed by atoms with E-state index in [-0.39, 0.29) is 5.97 Å². The van der Waals surface area contributed by atoms with E-state index in [1.165, 1.54) is 17.2 Å². The number of benzene rings is 2. The van der Waals surface area contributed by atoms with Gasteiger partial charge in [0.2, 0.25) is 0 Å². The first-order valence-electron chi connectivity index (χ1n) is 9.60. The van der Waals surface area contributed by atoms with Gasteiger partial charge in [-0.2, -0.15) is 0 Å². The SMILES string of the molecule is C/C=C/C(=O)OCC.c1ccc(C(c2ccccc2)N2CCNCC2)cc1. The van der Waals surface area contributed by atoms with Gasteiger partial charge in [-0.05, 0) is 25.0 Å². The summed E-state index contributed by atoms with van der Waals surface area (Å²) in [4.78, 5) is 12.9. The fourth-order valence-corrected chi connectivity index (χ4v) is 3.15. The van der Waals surface area contributed by atoms with Gasteiger partial charge in [0.1, 0.15) is 0 Å². The maximum atomic E-state index is 10.3. The number of carbonyl (C=O) groups excluding carboxylic acids is 1. The van der Waals surface area contributed by atoms with Crippen LogP contribution in [0.15, 0.2) is 72.8 Å². The van der Waals surface area contributed by atoms with Gasteiger partial charge >= 0.3 is 5.97 Å². The molecule has 1 aliphatic rings. The van der Waals surface area contributed by atoms with Gasteiger partial charge in [-0.1, -0.05) is 66.7 Å². The zero-order valence-corrected chi connectivity index (χ0v) is 16.3. The molecule has 0 radical (unpaired) electrons. The number of ether oxygens (including phenoxy) is 1. The maximum absolute atomic E-state index is 10.3. The molecular formula is C23H30N2O2. The Morgan fingerprint density at radius 2 is 1.56 bits per heavy atom. The average molecular weight is 367 g/mol. The molecule has 27 heavy (non-hydrogen) atoms. The Morgan fingerprint density at radius 3 is 2.00 bits per heavy atom. The number of nitrogens with one attached hydrogen (secondary N) is 1. The molecule has 0 aromatic heterocycles. The fourth-order valence-electron chi connectivity index (χ4n) is 3.15. The number of esters is 1. The molecule has 4 heteroatoms. The van der Waals surface area contributed by atoms with Crippen molar-refractivity contribution in [1.82, 2.24) is 10.2 Å². The number of rotatable bonds is 5. The molecule has 1 fully saturated rings. The molecule has 0 amide bonds. The minimum absolute atomic E-state index is 0.269. The van der Waals surface area contributed by atoms with E-state index in [0.717, 1.165) is 26.2 Å². The number of nitrogens with zero attached hydrogens (tertiary/aromatic N) is 1. The average Bonchev–Trinajstić information content (AvgIpc) is 2.72. The highest BCUT2D eigenvalue weighted by atomic mass is 16.5. The van der Waals surface area contributed by atoms with Crippen LogP contribution in [0.25, 0.3) is 0 Å². The van der Waals surface area contributed by atoms with Crippen LogP contribution in [0.5, 0.6) is 0 Å². The van der Waals surface area contributed by atoms with Gasteiger partial charge in [-0.3, -0.25) is 4.90 Å². The van der Waals surface area contributed by atoms with Crippen LogP contribution in [0.1, 0.15) is 31.0 Å². The lowest BCUT2D eigenvalue weighted by Gasteiger charge is -2.35. The van der Waals surface area contributed by atoms with Crippen molar-refractivity contribution in [2.75, 3.05) is 32.8 Å². The van der Waals surface area contributed by atoms with Crippen LogP contribution in [0, 0.1) is 0 Å². The second kappa shape index (κ2) is 12.0. The molecule has 144 valence electrons. The van der Waals surface area contributed by atoms with Crippen molar-refractivity contribution in [2.45, 2.75) is 19.9 Å². The molecule has 2 aromatic rings. The van der Waals surface area contributed by atoms with Gasteiger partial charge in [0, 0.05) is 32.3 Å². The first-order valence-corrected chi connectivity index (χ1v) is 9.60. The lowest BCUT2D eigenvalue weighted by atomic mass is 9.96. The van der Waals surface area contributed by atoms with Crippen LogP contribution in [0.4, 0.5) is 0 Å². The summed E-state index contributed by atoms with van der Waals surface area (Å²) in [5, 5.41) is 3.43. The van der Waals surface area contributed by atoms with Crippen molar-refractivity contribution in [2.24, 2.45) is 0 Å². The third-order valence-corrected chi connectivity index (χ3v) is 4.34. The van der Waals surface area contributed by atoms with Gasteiger partial charge in [0.15, 0.2) is 0 Å². The molecule has 1 saturated heterocycles. The largest absolute Gasteiger partial charge is 0.463 e. The van der Waals surface area contributed by atoms with Crippen LogP contribution in [-0.4, -0.2) is 43.7 Å². The highest BCUT2D eigenvalue weighted by molar-refractivity contribution is 5.81. The number of allylic oxidation sites excluding steroid dienone is 1. The molecule has 1 aliphatic heterocycles. The smallest absolute Gasteiger partial charge is 0.330 e. The van der Waals surface area contributed by atoms with Crippen molar-refractivity contribution < 1.29 is 9.53 Å². The molecule has 4 nitrogen and oxygen atoms in total. The minimum atomic E-state index is -0.269. The van der Waals surface area contributed by atoms with Crippen LogP contribution in [0.3, 0.4) is 0 Å². The topological polar surface area (TPSA) is 41.6 Å². The van der Waals surface area contributed by atoms with Crippen LogP contribution >= 0.6 is 0 Å². The zero-order chi connectivity index (χ0) is 19.3. The zero-order valence-electron chi connectivity index (χ0n) is 16.3. The third-order valence-electron chi connectivity index (χ3n) is 4.34. The Kier molecular flexibility index (Phi) is 9.31. The standard InChI is InChI=1S/C17H20N2.C6H10O2/c1-3-7-15(8-4-1)17(16-9-5-2-6-10-16)19-13-11-18-12-14-19;1-3-5-6(7)8-4-2/h1-10,17-18H,11-14H2;3,5H,4H2,1-2H3/b;5-3+. The minimum Gasteiger partial charge on any atom is -0.463 e. The van der Waals surface area contributed by atoms with Gasteiger partial charge in [-0.25, -0.2) is 4.79 Å². The third kappa shape index (κ3) is 7.00. The first-order chi connectivity index (χ1) is 13.3. The predicted molar refractivity (Wildman–Crippen MR) is 111 cm³/mol. The highest BCUT2D eigenvalue weighted by Gasteiger charge is 2.23. The van der Waals surface area contributed by atoms with Crippen LogP contribution in [-0.2, 0) is 9.53 Å². The molecule has 3 rings (SSSR count). The lowest BCUT2D eigenvalue weighted by Crippen LogP contribution is -2.45. The Labute approximate surface area is 162 Å². The van der Waals surface area contributed by atoms with Gasteiger partial charge in [0.25, 0.3) is 0 Å². The Balaban J connectivity index is 0.000000279. The fraction of sp³-hybridized carbons (Fsp3) is 0.348. The van der Waals surface area contributed by atoms with E-state index < -0.39 is 0 Å². The van der Waals surface area contributed by atoms with Crippen molar-refractivity contribution in [3.05, 3.63) is 83.9 Å². The molecule has 2 aromatic carbocycles. The van der Waals surface area contributed by atoms with Crippen molar-refractivity contribution in [3.8, 4) is 0 Å². The summed E-state index contributed by atoms with van der Waals surface area (Å²) in [6, 6.07) is 22.0. The summed E-state index contributed by atoms with van der Waals surface area (Å²) in [7, 11) is 0. The van der Waals surface area contributed by atoms with E-state index in [0.29, 0.717) is 12.6 Å². The highest BCUT2D eigenvalue weighted by Crippen LogP contribution is 2.28. The van der Waals surface area contributed by atoms with E-state index in [9.17, 15) is 4.79 Å². The summed E-state index contributed by atoms with van der Waals surface area (Å²) < 4.78 is 4.56. The van der Waals surface area contributed by atoms with Gasteiger partial charge in [-0.15, -0.1) is 0 Å². The number of hydrogen-bond donors (Lipinski definition) is 1. The van der Waals surface area contributed by atoms with E-state index in [1.54, 1.807) is 19.9 Å². The van der Waals surface area contributed by atoms with E-state index >= 15 is 0 Å². The maximum Gasteiger partial charge on any atom is 0.330 e. The molecule has 0 saturated carbocycles. The molecule has 0 aliphatic carbocycles. The number of carbonyl (C=O) groups is 1. The molecule has 0 unspecified atom stereocenters. The number of piperazine rings is 1. The second-order valence-corrected chi connectivity index (χ2v) is 6.26. The van der Waals surface area contributed by atoms with Crippen LogP contribution < -0.4 is 5.32 Å². The Hall–Kier alpha value is -2.43. The monoisotopic (exact) mass is 366 g/mol. The van der Waals surface area contributed by atoms with Gasteiger partial charge in [0.05, 0.1) is 12.6 Å². The number of hydrogen-bond acceptors (Lipinski definition) is 4. The van der Waals surface area contributed by atoms with Crippen molar-refractivity contribution >= 4 is 5.97 Å². The molecule has 0 spiro atoms. The van der Waals surface area contributed by atoms with Crippen LogP contribution in [0.2, 0.25) is 0 Å². The first kappa shape index (κ1) is 20.9. The lowest BCUT2D eigenvalue weighted by molar-refractivity contribution is -0.137. The summed E-state index contributed by atoms with van der Waals surface area (Å²) in [6.07, 6.45) is 3.04. The molecule has 0 atom stereocenters. The summed E-state index contributed by atoms with van der Waals surface area (Å²) in [6.45, 7) is 8.37. The summed E-state index contributed by atoms with van der Waals surface area (Å²) in [5.74, 6) is -0.269.